The average molecular weight is 417 g/mol. The fourth-order valence-electron chi connectivity index (χ4n) is 2.89. The van der Waals surface area contributed by atoms with Crippen LogP contribution in [0.1, 0.15) is 0 Å². The van der Waals surface area contributed by atoms with Crippen LogP contribution in [0.25, 0.3) is 0 Å². The van der Waals surface area contributed by atoms with Crippen LogP contribution in [0.5, 0.6) is 17.2 Å². The van der Waals surface area contributed by atoms with Gasteiger partial charge in [0.25, 0.3) is 0 Å². The third kappa shape index (κ3) is 4.36. The number of halogens is 1. The minimum atomic E-state index is -0.793. The predicted molar refractivity (Wildman–Crippen MR) is 104 cm³/mol. The Kier molecular flexibility index (Phi) is 6.53. The Morgan fingerprint density at radius 2 is 1.63 bits per heavy atom. The third-order valence-electron chi connectivity index (χ3n) is 4.33. The summed E-state index contributed by atoms with van der Waals surface area (Å²) in [7, 11) is 3.91. The van der Waals surface area contributed by atoms with E-state index in [0.29, 0.717) is 11.5 Å². The Morgan fingerprint density at radius 1 is 0.967 bits per heavy atom. The molecule has 1 aliphatic rings. The highest BCUT2D eigenvalue weighted by molar-refractivity contribution is 6.03. The van der Waals surface area contributed by atoms with Crippen LogP contribution < -0.4 is 14.4 Å². The smallest absolute Gasteiger partial charge is 0.355 e. The lowest BCUT2D eigenvalue weighted by Crippen LogP contribution is -2.39. The summed E-state index contributed by atoms with van der Waals surface area (Å²) in [4.78, 5) is 25.9. The predicted octanol–water partition coefficient (Wildman–Crippen LogP) is 3.02. The standard InChI is InChI=1S/C21H20FNO7/c1-26-14-5-7-15(8-6-14)30-18-9-4-13(22)10-17(18)23-12-29-11-16(20(24)27-2)19(23)21(25)28-3/h4-10H,11-12H2,1-3H3. The number of esters is 2. The maximum absolute atomic E-state index is 14.1. The molecule has 0 saturated heterocycles. The molecule has 0 unspecified atom stereocenters. The summed E-state index contributed by atoms with van der Waals surface area (Å²) in [6.07, 6.45) is 0. The van der Waals surface area contributed by atoms with E-state index in [1.807, 2.05) is 0 Å². The van der Waals surface area contributed by atoms with Gasteiger partial charge in [-0.1, -0.05) is 0 Å². The van der Waals surface area contributed by atoms with Gasteiger partial charge in [-0.3, -0.25) is 0 Å². The molecule has 0 bridgehead atoms. The third-order valence-corrected chi connectivity index (χ3v) is 4.33. The number of benzene rings is 2. The summed E-state index contributed by atoms with van der Waals surface area (Å²) >= 11 is 0. The van der Waals surface area contributed by atoms with Crippen LogP contribution in [0.15, 0.2) is 53.7 Å². The van der Waals surface area contributed by atoms with Gasteiger partial charge in [-0.05, 0) is 36.4 Å². The lowest BCUT2D eigenvalue weighted by atomic mass is 10.1. The zero-order valence-electron chi connectivity index (χ0n) is 16.6. The maximum atomic E-state index is 14.1. The van der Waals surface area contributed by atoms with Crippen molar-refractivity contribution < 1.29 is 37.7 Å². The molecular formula is C21H20FNO7. The van der Waals surface area contributed by atoms with E-state index in [1.54, 1.807) is 31.4 Å². The quantitative estimate of drug-likeness (QED) is 0.664. The average Bonchev–Trinajstić information content (AvgIpc) is 2.79. The largest absolute Gasteiger partial charge is 0.497 e. The Bertz CT molecular complexity index is 972. The Balaban J connectivity index is 2.07. The van der Waals surface area contributed by atoms with Crippen LogP contribution in [-0.4, -0.2) is 46.6 Å². The van der Waals surface area contributed by atoms with E-state index >= 15 is 0 Å². The Hall–Kier alpha value is -3.59. The van der Waals surface area contributed by atoms with Crippen molar-refractivity contribution in [2.24, 2.45) is 0 Å². The molecule has 8 nitrogen and oxygen atoms in total. The number of carbonyl (C=O) groups excluding carboxylic acids is 2. The van der Waals surface area contributed by atoms with Crippen LogP contribution in [-0.2, 0) is 23.8 Å². The van der Waals surface area contributed by atoms with Gasteiger partial charge in [-0.15, -0.1) is 0 Å². The number of ether oxygens (including phenoxy) is 5. The van der Waals surface area contributed by atoms with E-state index in [-0.39, 0.29) is 36.0 Å². The molecule has 3 rings (SSSR count). The number of carbonyl (C=O) groups is 2. The van der Waals surface area contributed by atoms with Gasteiger partial charge in [0, 0.05) is 6.07 Å². The molecule has 0 amide bonds. The van der Waals surface area contributed by atoms with Crippen LogP contribution in [0.2, 0.25) is 0 Å². The lowest BCUT2D eigenvalue weighted by Gasteiger charge is -2.32. The summed E-state index contributed by atoms with van der Waals surface area (Å²) in [6, 6.07) is 10.6. The minimum absolute atomic E-state index is 0.0461. The monoisotopic (exact) mass is 417 g/mol. The van der Waals surface area contributed by atoms with E-state index < -0.39 is 17.8 Å². The topological polar surface area (TPSA) is 83.5 Å². The molecule has 158 valence electrons. The van der Waals surface area contributed by atoms with E-state index in [1.165, 1.54) is 37.3 Å². The van der Waals surface area contributed by atoms with Crippen molar-refractivity contribution in [2.45, 2.75) is 0 Å². The van der Waals surface area contributed by atoms with Gasteiger partial charge in [0.05, 0.1) is 39.2 Å². The first-order valence-corrected chi connectivity index (χ1v) is 8.85. The highest BCUT2D eigenvalue weighted by atomic mass is 19.1. The van der Waals surface area contributed by atoms with Crippen molar-refractivity contribution in [3.63, 3.8) is 0 Å². The molecule has 0 fully saturated rings. The lowest BCUT2D eigenvalue weighted by molar-refractivity contribution is -0.140. The fraction of sp³-hybridized carbons (Fsp3) is 0.238. The summed E-state index contributed by atoms with van der Waals surface area (Å²) in [5.74, 6) is -0.783. The van der Waals surface area contributed by atoms with Crippen LogP contribution in [0.4, 0.5) is 10.1 Å². The number of anilines is 1. The molecule has 2 aromatic rings. The number of hydrogen-bond acceptors (Lipinski definition) is 8. The molecule has 0 saturated carbocycles. The molecule has 0 aliphatic carbocycles. The molecule has 0 radical (unpaired) electrons. The van der Waals surface area contributed by atoms with Crippen LogP contribution in [0.3, 0.4) is 0 Å². The van der Waals surface area contributed by atoms with Crippen molar-refractivity contribution in [1.29, 1.82) is 0 Å². The van der Waals surface area contributed by atoms with Gasteiger partial charge in [0.1, 0.15) is 29.7 Å². The van der Waals surface area contributed by atoms with E-state index in [0.717, 1.165) is 0 Å². The van der Waals surface area contributed by atoms with E-state index in [2.05, 4.69) is 0 Å². The zero-order chi connectivity index (χ0) is 21.7. The van der Waals surface area contributed by atoms with Crippen molar-refractivity contribution in [3.8, 4) is 17.2 Å². The summed E-state index contributed by atoms with van der Waals surface area (Å²) in [5.41, 5.74) is 0.0170. The van der Waals surface area contributed by atoms with Gasteiger partial charge in [0.2, 0.25) is 0 Å². The summed E-state index contributed by atoms with van der Waals surface area (Å²) in [6.45, 7) is -0.287. The number of hydrogen-bond donors (Lipinski definition) is 0. The van der Waals surface area contributed by atoms with Gasteiger partial charge in [0.15, 0.2) is 5.75 Å². The number of nitrogens with zero attached hydrogens (tertiary/aromatic N) is 1. The highest BCUT2D eigenvalue weighted by Gasteiger charge is 2.34. The Labute approximate surface area is 172 Å². The maximum Gasteiger partial charge on any atom is 0.355 e. The van der Waals surface area contributed by atoms with Crippen molar-refractivity contribution in [2.75, 3.05) is 39.6 Å². The van der Waals surface area contributed by atoms with Crippen molar-refractivity contribution >= 4 is 17.6 Å². The molecule has 0 atom stereocenters. The second-order valence-corrected chi connectivity index (χ2v) is 6.11. The minimum Gasteiger partial charge on any atom is -0.497 e. The molecule has 9 heteroatoms. The molecular weight excluding hydrogens is 397 g/mol. The molecule has 2 aromatic carbocycles. The molecule has 0 N–H and O–H groups in total. The molecule has 1 heterocycles. The molecule has 0 aromatic heterocycles. The van der Waals surface area contributed by atoms with Gasteiger partial charge < -0.3 is 28.6 Å². The normalized spacial score (nSPS) is 13.7. The highest BCUT2D eigenvalue weighted by Crippen LogP contribution is 2.37. The first kappa shape index (κ1) is 21.1. The van der Waals surface area contributed by atoms with Crippen LogP contribution in [0, 0.1) is 5.82 Å². The zero-order valence-corrected chi connectivity index (χ0v) is 16.6. The first-order valence-electron chi connectivity index (χ1n) is 8.85. The second-order valence-electron chi connectivity index (χ2n) is 6.11. The Morgan fingerprint density at radius 3 is 2.27 bits per heavy atom. The molecule has 1 aliphatic heterocycles. The molecule has 0 spiro atoms. The summed E-state index contributed by atoms with van der Waals surface area (Å²) in [5, 5.41) is 0. The molecule has 30 heavy (non-hydrogen) atoms. The number of methoxy groups -OCH3 is 3. The number of rotatable bonds is 6. The SMILES string of the molecule is COC(=O)C1=C(C(=O)OC)N(c2cc(F)ccc2Oc2ccc(OC)cc2)COC1. The van der Waals surface area contributed by atoms with E-state index in [9.17, 15) is 14.0 Å². The van der Waals surface area contributed by atoms with Crippen molar-refractivity contribution in [1.82, 2.24) is 0 Å². The fourth-order valence-corrected chi connectivity index (χ4v) is 2.89. The van der Waals surface area contributed by atoms with E-state index in [4.69, 9.17) is 23.7 Å². The van der Waals surface area contributed by atoms with Crippen LogP contribution >= 0.6 is 0 Å². The summed E-state index contributed by atoms with van der Waals surface area (Å²) < 4.78 is 40.1. The first-order chi connectivity index (χ1) is 14.5. The van der Waals surface area contributed by atoms with Gasteiger partial charge in [-0.25, -0.2) is 14.0 Å². The second kappa shape index (κ2) is 9.27. The van der Waals surface area contributed by atoms with Crippen molar-refractivity contribution in [3.05, 3.63) is 59.6 Å². The van der Waals surface area contributed by atoms with Gasteiger partial charge >= 0.3 is 11.9 Å². The van der Waals surface area contributed by atoms with Gasteiger partial charge in [-0.2, -0.15) is 0 Å².